The molecule has 1 amide bonds. The summed E-state index contributed by atoms with van der Waals surface area (Å²) in [6.07, 6.45) is 4.55. The number of aryl methyl sites for hydroxylation is 1. The second kappa shape index (κ2) is 4.95. The highest BCUT2D eigenvalue weighted by molar-refractivity contribution is 5.99. The van der Waals surface area contributed by atoms with Crippen LogP contribution in [0.25, 0.3) is 0 Å². The first-order valence-corrected chi connectivity index (χ1v) is 7.62. The number of hydrogen-bond acceptors (Lipinski definition) is 3. The SMILES string of the molecule is O=C(O)[C@H]1[C@H](C(=O)N2CCCc3ccccc32)[C@H]2C=C[C@H]1O2. The monoisotopic (exact) mass is 299 g/mol. The second-order valence-electron chi connectivity index (χ2n) is 6.06. The number of fused-ring (bicyclic) bond motifs is 3. The summed E-state index contributed by atoms with van der Waals surface area (Å²) in [5.74, 6) is -2.49. The van der Waals surface area contributed by atoms with Crippen LogP contribution in [0.15, 0.2) is 36.4 Å². The average Bonchev–Trinajstić information content (AvgIpc) is 3.14. The van der Waals surface area contributed by atoms with Crippen LogP contribution >= 0.6 is 0 Å². The Labute approximate surface area is 128 Å². The molecule has 1 saturated heterocycles. The van der Waals surface area contributed by atoms with Crippen LogP contribution in [-0.2, 0) is 20.7 Å². The first kappa shape index (κ1) is 13.5. The summed E-state index contributed by atoms with van der Waals surface area (Å²) in [6, 6.07) is 7.85. The molecule has 22 heavy (non-hydrogen) atoms. The topological polar surface area (TPSA) is 66.8 Å². The first-order chi connectivity index (χ1) is 10.7. The molecule has 0 aliphatic carbocycles. The number of rotatable bonds is 2. The van der Waals surface area contributed by atoms with Gasteiger partial charge < -0.3 is 14.7 Å². The lowest BCUT2D eigenvalue weighted by Crippen LogP contribution is -2.46. The highest BCUT2D eigenvalue weighted by Gasteiger charge is 2.54. The summed E-state index contributed by atoms with van der Waals surface area (Å²) >= 11 is 0. The van der Waals surface area contributed by atoms with Gasteiger partial charge in [0.15, 0.2) is 0 Å². The van der Waals surface area contributed by atoms with Crippen LogP contribution in [0, 0.1) is 11.8 Å². The number of nitrogens with zero attached hydrogens (tertiary/aromatic N) is 1. The Bertz CT molecular complexity index is 668. The van der Waals surface area contributed by atoms with Gasteiger partial charge in [0, 0.05) is 12.2 Å². The minimum absolute atomic E-state index is 0.128. The standard InChI is InChI=1S/C17H17NO4/c19-16(14-12-7-8-13(22-12)15(14)17(20)21)18-9-3-5-10-4-1-2-6-11(10)18/h1-2,4,6-8,12-15H,3,5,9H2,(H,20,21)/t12-,13-,14-,15-/m1/s1. The van der Waals surface area contributed by atoms with Gasteiger partial charge in [-0.2, -0.15) is 0 Å². The molecular formula is C17H17NO4. The van der Waals surface area contributed by atoms with Crippen molar-refractivity contribution in [2.45, 2.75) is 25.0 Å². The highest BCUT2D eigenvalue weighted by Crippen LogP contribution is 2.41. The number of benzene rings is 1. The third kappa shape index (κ3) is 1.89. The second-order valence-corrected chi connectivity index (χ2v) is 6.06. The smallest absolute Gasteiger partial charge is 0.310 e. The third-order valence-electron chi connectivity index (χ3n) is 4.85. The van der Waals surface area contributed by atoms with Gasteiger partial charge in [0.2, 0.25) is 5.91 Å². The van der Waals surface area contributed by atoms with Crippen LogP contribution in [0.4, 0.5) is 5.69 Å². The fraction of sp³-hybridized carbons (Fsp3) is 0.412. The molecule has 0 saturated carbocycles. The van der Waals surface area contributed by atoms with Crippen molar-refractivity contribution in [3.63, 3.8) is 0 Å². The quantitative estimate of drug-likeness (QED) is 0.843. The van der Waals surface area contributed by atoms with Gasteiger partial charge in [-0.15, -0.1) is 0 Å². The molecule has 0 unspecified atom stereocenters. The van der Waals surface area contributed by atoms with Crippen molar-refractivity contribution in [1.29, 1.82) is 0 Å². The zero-order valence-electron chi connectivity index (χ0n) is 12.0. The van der Waals surface area contributed by atoms with Gasteiger partial charge in [-0.1, -0.05) is 30.4 Å². The van der Waals surface area contributed by atoms with Crippen LogP contribution < -0.4 is 4.90 Å². The Morgan fingerprint density at radius 1 is 1.14 bits per heavy atom. The van der Waals surface area contributed by atoms with Crippen molar-refractivity contribution in [3.05, 3.63) is 42.0 Å². The lowest BCUT2D eigenvalue weighted by atomic mass is 9.81. The van der Waals surface area contributed by atoms with E-state index in [1.54, 1.807) is 11.0 Å². The lowest BCUT2D eigenvalue weighted by molar-refractivity contribution is -0.146. The fourth-order valence-electron chi connectivity index (χ4n) is 3.84. The van der Waals surface area contributed by atoms with E-state index >= 15 is 0 Å². The van der Waals surface area contributed by atoms with Crippen molar-refractivity contribution in [1.82, 2.24) is 0 Å². The van der Waals surface area contributed by atoms with Crippen LogP contribution in [0.1, 0.15) is 12.0 Å². The Morgan fingerprint density at radius 3 is 2.64 bits per heavy atom. The van der Waals surface area contributed by atoms with E-state index in [1.165, 1.54) is 0 Å². The molecule has 4 rings (SSSR count). The van der Waals surface area contributed by atoms with Crippen molar-refractivity contribution >= 4 is 17.6 Å². The normalized spacial score (nSPS) is 32.1. The molecule has 1 fully saturated rings. The number of ether oxygens (including phenoxy) is 1. The number of amides is 1. The number of anilines is 1. The molecule has 4 atom stereocenters. The predicted octanol–water partition coefficient (Wildman–Crippen LogP) is 1.62. The summed E-state index contributed by atoms with van der Waals surface area (Å²) in [5, 5.41) is 9.46. The molecule has 3 aliphatic rings. The maximum absolute atomic E-state index is 13.0. The van der Waals surface area contributed by atoms with E-state index in [4.69, 9.17) is 4.74 Å². The molecule has 1 N–H and O–H groups in total. The van der Waals surface area contributed by atoms with Crippen molar-refractivity contribution in [3.8, 4) is 0 Å². The predicted molar refractivity (Wildman–Crippen MR) is 79.5 cm³/mol. The lowest BCUT2D eigenvalue weighted by Gasteiger charge is -2.33. The number of carbonyl (C=O) groups excluding carboxylic acids is 1. The van der Waals surface area contributed by atoms with E-state index in [0.29, 0.717) is 6.54 Å². The Kier molecular flexibility index (Phi) is 3.04. The largest absolute Gasteiger partial charge is 0.481 e. The van der Waals surface area contributed by atoms with Gasteiger partial charge in [-0.05, 0) is 24.5 Å². The summed E-state index contributed by atoms with van der Waals surface area (Å²) in [6.45, 7) is 0.639. The van der Waals surface area contributed by atoms with Gasteiger partial charge in [0.25, 0.3) is 0 Å². The highest BCUT2D eigenvalue weighted by atomic mass is 16.5. The maximum atomic E-state index is 13.0. The number of carboxylic acid groups (broad SMARTS) is 1. The minimum atomic E-state index is -0.958. The van der Waals surface area contributed by atoms with E-state index in [-0.39, 0.29) is 5.91 Å². The molecule has 0 radical (unpaired) electrons. The summed E-state index contributed by atoms with van der Waals surface area (Å²) in [5.41, 5.74) is 2.06. The van der Waals surface area contributed by atoms with Gasteiger partial charge in [0.05, 0.1) is 18.1 Å². The van der Waals surface area contributed by atoms with Gasteiger partial charge >= 0.3 is 5.97 Å². The number of hydrogen-bond donors (Lipinski definition) is 1. The number of aliphatic carboxylic acids is 1. The summed E-state index contributed by atoms with van der Waals surface area (Å²) in [4.78, 5) is 26.3. The van der Waals surface area contributed by atoms with Gasteiger partial charge in [0.1, 0.15) is 5.92 Å². The molecule has 3 aliphatic heterocycles. The molecule has 3 heterocycles. The van der Waals surface area contributed by atoms with Crippen molar-refractivity contribution in [2.24, 2.45) is 11.8 Å². The molecule has 1 aromatic rings. The molecule has 5 nitrogen and oxygen atoms in total. The maximum Gasteiger partial charge on any atom is 0.310 e. The van der Waals surface area contributed by atoms with E-state index in [0.717, 1.165) is 24.1 Å². The van der Waals surface area contributed by atoms with Crippen LogP contribution in [0.2, 0.25) is 0 Å². The molecule has 114 valence electrons. The summed E-state index contributed by atoms with van der Waals surface area (Å²) in [7, 11) is 0. The Hall–Kier alpha value is -2.14. The van der Waals surface area contributed by atoms with Crippen LogP contribution in [-0.4, -0.2) is 35.7 Å². The molecule has 5 heteroatoms. The van der Waals surface area contributed by atoms with Gasteiger partial charge in [-0.25, -0.2) is 0 Å². The average molecular weight is 299 g/mol. The van der Waals surface area contributed by atoms with E-state index < -0.39 is 30.0 Å². The number of carbonyl (C=O) groups is 2. The third-order valence-corrected chi connectivity index (χ3v) is 4.85. The molecule has 1 aromatic carbocycles. The zero-order chi connectivity index (χ0) is 15.3. The van der Waals surface area contributed by atoms with E-state index in [9.17, 15) is 14.7 Å². The zero-order valence-corrected chi connectivity index (χ0v) is 12.0. The molecular weight excluding hydrogens is 282 g/mol. The van der Waals surface area contributed by atoms with E-state index in [1.807, 2.05) is 30.3 Å². The number of para-hydroxylation sites is 1. The van der Waals surface area contributed by atoms with Crippen molar-refractivity contribution in [2.75, 3.05) is 11.4 Å². The molecule has 0 aromatic heterocycles. The fourth-order valence-corrected chi connectivity index (χ4v) is 3.84. The summed E-state index contributed by atoms with van der Waals surface area (Å²) < 4.78 is 5.62. The molecule has 0 spiro atoms. The van der Waals surface area contributed by atoms with Crippen LogP contribution in [0.3, 0.4) is 0 Å². The van der Waals surface area contributed by atoms with Crippen molar-refractivity contribution < 1.29 is 19.4 Å². The Balaban J connectivity index is 1.68. The minimum Gasteiger partial charge on any atom is -0.481 e. The van der Waals surface area contributed by atoms with E-state index in [2.05, 4.69) is 0 Å². The number of carboxylic acids is 1. The van der Waals surface area contributed by atoms with Gasteiger partial charge in [-0.3, -0.25) is 9.59 Å². The Morgan fingerprint density at radius 2 is 1.86 bits per heavy atom. The molecule has 2 bridgehead atoms. The first-order valence-electron chi connectivity index (χ1n) is 7.62. The van der Waals surface area contributed by atoms with Crippen LogP contribution in [0.5, 0.6) is 0 Å².